The van der Waals surface area contributed by atoms with Gasteiger partial charge in [-0.25, -0.2) is 4.39 Å². The molecule has 1 saturated carbocycles. The molecular formula is C23H23ClFN5O3. The monoisotopic (exact) mass is 471 g/mol. The van der Waals surface area contributed by atoms with Crippen molar-refractivity contribution < 1.29 is 18.7 Å². The van der Waals surface area contributed by atoms with E-state index in [9.17, 15) is 14.0 Å². The quantitative estimate of drug-likeness (QED) is 0.622. The highest BCUT2D eigenvalue weighted by Crippen LogP contribution is 2.44. The number of nitrogens with zero attached hydrogens (tertiary/aromatic N) is 4. The molecule has 1 saturated heterocycles. The molecule has 0 atom stereocenters. The zero-order valence-electron chi connectivity index (χ0n) is 17.9. The van der Waals surface area contributed by atoms with Crippen LogP contribution in [0.4, 0.5) is 4.39 Å². The molecular weight excluding hydrogens is 449 g/mol. The largest absolute Gasteiger partial charge is 0.379 e. The molecule has 172 valence electrons. The number of nitrogens with one attached hydrogen (secondary N) is 1. The summed E-state index contributed by atoms with van der Waals surface area (Å²) in [5.74, 6) is -0.790. The number of benzene rings is 1. The molecule has 33 heavy (non-hydrogen) atoms. The molecule has 1 aromatic carbocycles. The number of hydrogen-bond acceptors (Lipinski definition) is 4. The average Bonchev–Trinajstić information content (AvgIpc) is 3.37. The maximum absolute atomic E-state index is 13.8. The normalized spacial score (nSPS) is 19.6. The number of ether oxygens (including phenoxy) is 1. The van der Waals surface area contributed by atoms with E-state index in [1.54, 1.807) is 17.2 Å². The van der Waals surface area contributed by atoms with Crippen LogP contribution in [-0.4, -0.2) is 68.2 Å². The Bertz CT molecular complexity index is 1240. The number of carbonyl (C=O) groups is 2. The number of aromatic amines is 1. The van der Waals surface area contributed by atoms with Crippen molar-refractivity contribution in [3.63, 3.8) is 0 Å². The van der Waals surface area contributed by atoms with Crippen LogP contribution in [0.2, 0.25) is 5.02 Å². The molecule has 1 spiro atoms. The van der Waals surface area contributed by atoms with Crippen LogP contribution in [0.5, 0.6) is 0 Å². The Morgan fingerprint density at radius 3 is 2.82 bits per heavy atom. The molecule has 1 aliphatic carbocycles. The summed E-state index contributed by atoms with van der Waals surface area (Å²) in [6.07, 6.45) is 4.35. The summed E-state index contributed by atoms with van der Waals surface area (Å²) in [7, 11) is 0. The van der Waals surface area contributed by atoms with Gasteiger partial charge in [-0.15, -0.1) is 0 Å². The van der Waals surface area contributed by atoms with E-state index in [2.05, 4.69) is 10.1 Å². The third-order valence-corrected chi connectivity index (χ3v) is 7.26. The fraction of sp³-hybridized carbons (Fsp3) is 0.435. The van der Waals surface area contributed by atoms with Gasteiger partial charge in [-0.3, -0.25) is 14.3 Å². The van der Waals surface area contributed by atoms with Gasteiger partial charge >= 0.3 is 0 Å². The Kier molecular flexibility index (Phi) is 4.74. The van der Waals surface area contributed by atoms with Crippen molar-refractivity contribution in [1.82, 2.24) is 24.6 Å². The number of fused-ring (bicyclic) bond motifs is 2. The van der Waals surface area contributed by atoms with Gasteiger partial charge in [-0.1, -0.05) is 11.6 Å². The molecule has 3 aliphatic rings. The fourth-order valence-electron chi connectivity index (χ4n) is 4.93. The van der Waals surface area contributed by atoms with Gasteiger partial charge in [0.25, 0.3) is 11.8 Å². The lowest BCUT2D eigenvalue weighted by molar-refractivity contribution is 0.0544. The van der Waals surface area contributed by atoms with Gasteiger partial charge in [0.2, 0.25) is 0 Å². The zero-order chi connectivity index (χ0) is 22.7. The van der Waals surface area contributed by atoms with E-state index in [1.807, 2.05) is 9.58 Å². The molecule has 3 aromatic rings. The molecule has 8 nitrogen and oxygen atoms in total. The van der Waals surface area contributed by atoms with Gasteiger partial charge in [0.15, 0.2) is 0 Å². The van der Waals surface area contributed by atoms with Gasteiger partial charge in [0, 0.05) is 30.6 Å². The number of hydrogen-bond donors (Lipinski definition) is 1. The number of carbonyl (C=O) groups excluding carboxylic acids is 2. The van der Waals surface area contributed by atoms with E-state index < -0.39 is 5.82 Å². The van der Waals surface area contributed by atoms with Crippen LogP contribution in [-0.2, 0) is 17.8 Å². The standard InChI is InChI=1S/C23H23ClFN5O3/c24-16-8-14-9-19(27-18(14)10-17(16)25)22(32)28-5-6-30-20(12-28)15(11-26-30)21(31)29-4-1-7-33-13-23(29)2-3-23/h8-11,27H,1-7,12-13H2. The van der Waals surface area contributed by atoms with Crippen molar-refractivity contribution in [2.45, 2.75) is 37.9 Å². The minimum Gasteiger partial charge on any atom is -0.379 e. The lowest BCUT2D eigenvalue weighted by Crippen LogP contribution is -2.45. The molecule has 10 heteroatoms. The average molecular weight is 472 g/mol. The second-order valence-electron chi connectivity index (χ2n) is 9.08. The summed E-state index contributed by atoms with van der Waals surface area (Å²) < 4.78 is 21.3. The number of H-pyrrole nitrogens is 1. The van der Waals surface area contributed by atoms with Gasteiger partial charge in [-0.2, -0.15) is 5.10 Å². The van der Waals surface area contributed by atoms with Crippen molar-refractivity contribution in [3.8, 4) is 0 Å². The first-order valence-electron chi connectivity index (χ1n) is 11.2. The van der Waals surface area contributed by atoms with Gasteiger partial charge in [0.05, 0.1) is 47.7 Å². The molecule has 2 aromatic heterocycles. The summed E-state index contributed by atoms with van der Waals surface area (Å²) >= 11 is 5.88. The summed E-state index contributed by atoms with van der Waals surface area (Å²) in [4.78, 5) is 33.4. The SMILES string of the molecule is O=C(c1cc2cc(Cl)c(F)cc2[nH]1)N1CCn2ncc(C(=O)N3CCCOCC34CC4)c2C1. The number of aromatic nitrogens is 3. The van der Waals surface area contributed by atoms with Gasteiger partial charge in [-0.05, 0) is 37.5 Å². The fourth-order valence-corrected chi connectivity index (χ4v) is 5.10. The predicted octanol–water partition coefficient (Wildman–Crippen LogP) is 3.21. The third-order valence-electron chi connectivity index (χ3n) is 6.97. The summed E-state index contributed by atoms with van der Waals surface area (Å²) in [5.41, 5.74) is 1.97. The van der Waals surface area contributed by atoms with Crippen molar-refractivity contribution >= 4 is 34.3 Å². The lowest BCUT2D eigenvalue weighted by atomic mass is 10.1. The molecule has 2 fully saturated rings. The van der Waals surface area contributed by atoms with Crippen molar-refractivity contribution in [1.29, 1.82) is 0 Å². The first-order chi connectivity index (χ1) is 15.9. The topological polar surface area (TPSA) is 83.5 Å². The minimum absolute atomic E-state index is 0.0119. The van der Waals surface area contributed by atoms with E-state index in [1.165, 1.54) is 12.1 Å². The first-order valence-corrected chi connectivity index (χ1v) is 11.5. The third kappa shape index (κ3) is 3.41. The molecule has 0 bridgehead atoms. The van der Waals surface area contributed by atoms with Crippen LogP contribution in [0.15, 0.2) is 24.4 Å². The van der Waals surface area contributed by atoms with Crippen molar-refractivity contribution in [2.75, 3.05) is 26.3 Å². The maximum atomic E-state index is 13.8. The second-order valence-corrected chi connectivity index (χ2v) is 9.49. The predicted molar refractivity (Wildman–Crippen MR) is 119 cm³/mol. The molecule has 0 radical (unpaired) electrons. The van der Waals surface area contributed by atoms with Crippen molar-refractivity contribution in [3.05, 3.63) is 52.2 Å². The highest BCUT2D eigenvalue weighted by Gasteiger charge is 2.51. The Hall–Kier alpha value is -2.91. The first kappa shape index (κ1) is 20.7. The highest BCUT2D eigenvalue weighted by molar-refractivity contribution is 6.31. The molecule has 2 amide bonds. The van der Waals surface area contributed by atoms with Crippen LogP contribution in [0.1, 0.15) is 45.8 Å². The van der Waals surface area contributed by atoms with Crippen LogP contribution >= 0.6 is 11.6 Å². The smallest absolute Gasteiger partial charge is 0.270 e. The van der Waals surface area contributed by atoms with E-state index in [0.29, 0.717) is 55.0 Å². The van der Waals surface area contributed by atoms with E-state index in [-0.39, 0.29) is 28.9 Å². The number of rotatable bonds is 2. The van der Waals surface area contributed by atoms with E-state index in [0.717, 1.165) is 25.0 Å². The Labute approximate surface area is 194 Å². The summed E-state index contributed by atoms with van der Waals surface area (Å²) in [6, 6.07) is 4.46. The van der Waals surface area contributed by atoms with E-state index >= 15 is 0 Å². The molecule has 2 aliphatic heterocycles. The number of halogens is 2. The molecule has 0 unspecified atom stereocenters. The van der Waals surface area contributed by atoms with Gasteiger partial charge < -0.3 is 19.5 Å². The molecule has 4 heterocycles. The Morgan fingerprint density at radius 2 is 2.00 bits per heavy atom. The Morgan fingerprint density at radius 1 is 1.15 bits per heavy atom. The summed E-state index contributed by atoms with van der Waals surface area (Å²) in [5, 5.41) is 5.10. The van der Waals surface area contributed by atoms with Crippen molar-refractivity contribution in [2.24, 2.45) is 0 Å². The minimum atomic E-state index is -0.539. The summed E-state index contributed by atoms with van der Waals surface area (Å²) in [6.45, 7) is 3.16. The lowest BCUT2D eigenvalue weighted by Gasteiger charge is -2.31. The van der Waals surface area contributed by atoms with Crippen LogP contribution in [0.3, 0.4) is 0 Å². The zero-order valence-corrected chi connectivity index (χ0v) is 18.7. The Balaban J connectivity index is 1.26. The second kappa shape index (κ2) is 7.56. The number of amides is 2. The molecule has 6 rings (SSSR count). The van der Waals surface area contributed by atoms with E-state index in [4.69, 9.17) is 16.3 Å². The van der Waals surface area contributed by atoms with Crippen LogP contribution in [0, 0.1) is 5.82 Å². The highest BCUT2D eigenvalue weighted by atomic mass is 35.5. The molecule has 1 N–H and O–H groups in total. The van der Waals surface area contributed by atoms with Crippen LogP contribution in [0.25, 0.3) is 10.9 Å². The van der Waals surface area contributed by atoms with Gasteiger partial charge in [0.1, 0.15) is 11.5 Å². The van der Waals surface area contributed by atoms with Crippen LogP contribution < -0.4 is 0 Å². The maximum Gasteiger partial charge on any atom is 0.270 e.